The highest BCUT2D eigenvalue weighted by atomic mass is 16.5. The van der Waals surface area contributed by atoms with Crippen molar-refractivity contribution >= 4 is 23.0 Å². The quantitative estimate of drug-likeness (QED) is 0.490. The van der Waals surface area contributed by atoms with Gasteiger partial charge in [-0.2, -0.15) is 0 Å². The van der Waals surface area contributed by atoms with Crippen LogP contribution in [0.15, 0.2) is 30.3 Å². The standard InChI is InChI=1S/C27H36N2O3/c1-16(2)23-21(29-18-7-9-19(32-5)10-8-18)13-17-15-26(3)11-6-12-27(4,25(30)31)22(26)14-20(17)24(23)28/h7-10,13,16,22,29H,6,11-12,14-15,28H2,1-5H3,(H,30,31)/t22-,26-,27-/m1/s1. The van der Waals surface area contributed by atoms with Gasteiger partial charge in [0.1, 0.15) is 5.75 Å². The predicted molar refractivity (Wildman–Crippen MR) is 130 cm³/mol. The van der Waals surface area contributed by atoms with Crippen LogP contribution in [-0.2, 0) is 17.6 Å². The number of nitrogens with one attached hydrogen (secondary N) is 1. The fourth-order valence-electron chi connectivity index (χ4n) is 6.33. The first-order valence-corrected chi connectivity index (χ1v) is 11.7. The van der Waals surface area contributed by atoms with Gasteiger partial charge in [0.15, 0.2) is 0 Å². The molecule has 0 heterocycles. The lowest BCUT2D eigenvalue weighted by atomic mass is 9.50. The van der Waals surface area contributed by atoms with E-state index in [-0.39, 0.29) is 17.3 Å². The third kappa shape index (κ3) is 3.62. The van der Waals surface area contributed by atoms with E-state index in [1.165, 1.54) is 5.56 Å². The summed E-state index contributed by atoms with van der Waals surface area (Å²) in [6, 6.07) is 10.2. The zero-order valence-electron chi connectivity index (χ0n) is 19.9. The van der Waals surface area contributed by atoms with Crippen LogP contribution >= 0.6 is 0 Å². The van der Waals surface area contributed by atoms with Gasteiger partial charge in [-0.3, -0.25) is 4.79 Å². The summed E-state index contributed by atoms with van der Waals surface area (Å²) in [4.78, 5) is 12.3. The van der Waals surface area contributed by atoms with Gasteiger partial charge in [-0.05, 0) is 91.3 Å². The number of nitrogens with two attached hydrogens (primary N) is 1. The van der Waals surface area contributed by atoms with E-state index < -0.39 is 11.4 Å². The first-order valence-electron chi connectivity index (χ1n) is 11.7. The second-order valence-electron chi connectivity index (χ2n) is 10.6. The van der Waals surface area contributed by atoms with Crippen LogP contribution in [-0.4, -0.2) is 18.2 Å². The number of ether oxygens (including phenoxy) is 1. The minimum absolute atomic E-state index is 0.0262. The Morgan fingerprint density at radius 3 is 2.50 bits per heavy atom. The molecule has 0 unspecified atom stereocenters. The van der Waals surface area contributed by atoms with Crippen LogP contribution in [0.5, 0.6) is 5.75 Å². The first kappa shape index (κ1) is 22.5. The number of fused-ring (bicyclic) bond motifs is 2. The van der Waals surface area contributed by atoms with Crippen molar-refractivity contribution in [3.8, 4) is 5.75 Å². The lowest BCUT2D eigenvalue weighted by molar-refractivity contribution is -0.160. The molecule has 2 aliphatic carbocycles. The van der Waals surface area contributed by atoms with Crippen LogP contribution in [0.1, 0.15) is 69.6 Å². The van der Waals surface area contributed by atoms with Crippen LogP contribution in [0.25, 0.3) is 0 Å². The second-order valence-corrected chi connectivity index (χ2v) is 10.6. The van der Waals surface area contributed by atoms with Gasteiger partial charge >= 0.3 is 5.97 Å². The number of nitrogen functional groups attached to an aromatic ring is 1. The van der Waals surface area contributed by atoms with E-state index in [1.54, 1.807) is 7.11 Å². The van der Waals surface area contributed by atoms with Crippen molar-refractivity contribution in [3.63, 3.8) is 0 Å². The summed E-state index contributed by atoms with van der Waals surface area (Å²) in [6.45, 7) is 8.55. The zero-order valence-corrected chi connectivity index (χ0v) is 19.9. The average molecular weight is 437 g/mol. The van der Waals surface area contributed by atoms with E-state index in [1.807, 2.05) is 31.2 Å². The highest BCUT2D eigenvalue weighted by molar-refractivity contribution is 5.77. The summed E-state index contributed by atoms with van der Waals surface area (Å²) in [5.74, 6) is 0.489. The molecule has 2 aliphatic rings. The Morgan fingerprint density at radius 1 is 1.22 bits per heavy atom. The van der Waals surface area contributed by atoms with Crippen molar-refractivity contribution in [2.24, 2.45) is 16.7 Å². The van der Waals surface area contributed by atoms with Gasteiger partial charge in [0.2, 0.25) is 0 Å². The van der Waals surface area contributed by atoms with Crippen molar-refractivity contribution in [1.82, 2.24) is 0 Å². The summed E-state index contributed by atoms with van der Waals surface area (Å²) < 4.78 is 5.28. The lowest BCUT2D eigenvalue weighted by Gasteiger charge is -2.53. The number of rotatable bonds is 5. The van der Waals surface area contributed by atoms with Gasteiger partial charge in [0, 0.05) is 22.6 Å². The van der Waals surface area contributed by atoms with Crippen LogP contribution in [0, 0.1) is 16.7 Å². The van der Waals surface area contributed by atoms with Crippen LogP contribution in [0.3, 0.4) is 0 Å². The summed E-state index contributed by atoms with van der Waals surface area (Å²) in [5, 5.41) is 13.7. The SMILES string of the molecule is COc1ccc(Nc2cc3c(c(N)c2C(C)C)C[C@@H]2[C@](C)(CCC[C@@]2(C)C(=O)O)C3)cc1. The fraction of sp³-hybridized carbons (Fsp3) is 0.519. The molecule has 172 valence electrons. The van der Waals surface area contributed by atoms with E-state index in [9.17, 15) is 9.90 Å². The molecule has 2 aromatic carbocycles. The number of hydrogen-bond donors (Lipinski definition) is 3. The minimum Gasteiger partial charge on any atom is -0.497 e. The molecule has 1 fully saturated rings. The molecule has 0 bridgehead atoms. The average Bonchev–Trinajstić information content (AvgIpc) is 2.73. The smallest absolute Gasteiger partial charge is 0.309 e. The van der Waals surface area contributed by atoms with E-state index in [4.69, 9.17) is 10.5 Å². The van der Waals surface area contributed by atoms with Crippen LogP contribution in [0.2, 0.25) is 0 Å². The summed E-state index contributed by atoms with van der Waals surface area (Å²) in [5.41, 5.74) is 12.5. The maximum Gasteiger partial charge on any atom is 0.309 e. The third-order valence-corrected chi connectivity index (χ3v) is 8.10. The zero-order chi connectivity index (χ0) is 23.3. The van der Waals surface area contributed by atoms with Gasteiger partial charge < -0.3 is 20.9 Å². The Morgan fingerprint density at radius 2 is 1.91 bits per heavy atom. The van der Waals surface area contributed by atoms with E-state index in [0.717, 1.165) is 66.0 Å². The van der Waals surface area contributed by atoms with Crippen molar-refractivity contribution in [3.05, 3.63) is 47.0 Å². The molecule has 0 radical (unpaired) electrons. The molecule has 4 rings (SSSR count). The highest BCUT2D eigenvalue weighted by Gasteiger charge is 2.54. The molecular weight excluding hydrogens is 400 g/mol. The predicted octanol–water partition coefficient (Wildman–Crippen LogP) is 6.14. The van der Waals surface area contributed by atoms with Crippen molar-refractivity contribution in [2.75, 3.05) is 18.2 Å². The Hall–Kier alpha value is -2.69. The third-order valence-electron chi connectivity index (χ3n) is 8.10. The number of carbonyl (C=O) groups is 1. The van der Waals surface area contributed by atoms with Crippen LogP contribution in [0.4, 0.5) is 17.1 Å². The number of anilines is 3. The number of carboxylic acids is 1. The number of carboxylic acid groups (broad SMARTS) is 1. The molecule has 0 saturated heterocycles. The van der Waals surface area contributed by atoms with Crippen molar-refractivity contribution in [2.45, 2.75) is 65.7 Å². The molecular formula is C27H36N2O3. The molecule has 32 heavy (non-hydrogen) atoms. The Kier molecular flexibility index (Phi) is 5.64. The van der Waals surface area contributed by atoms with Crippen molar-refractivity contribution < 1.29 is 14.6 Å². The molecule has 1 saturated carbocycles. The maximum atomic E-state index is 12.3. The van der Waals surface area contributed by atoms with Crippen molar-refractivity contribution in [1.29, 1.82) is 0 Å². The molecule has 3 atom stereocenters. The number of methoxy groups -OCH3 is 1. The topological polar surface area (TPSA) is 84.6 Å². The van der Waals surface area contributed by atoms with Gasteiger partial charge in [0.25, 0.3) is 0 Å². The Labute approximate surface area is 191 Å². The van der Waals surface area contributed by atoms with E-state index in [0.29, 0.717) is 0 Å². The Balaban J connectivity index is 1.78. The fourth-order valence-corrected chi connectivity index (χ4v) is 6.33. The number of benzene rings is 2. The molecule has 0 aromatic heterocycles. The minimum atomic E-state index is -0.699. The molecule has 0 aliphatic heterocycles. The van der Waals surface area contributed by atoms with Crippen LogP contribution < -0.4 is 15.8 Å². The molecule has 4 N–H and O–H groups in total. The summed E-state index contributed by atoms with van der Waals surface area (Å²) in [7, 11) is 1.66. The van der Waals surface area contributed by atoms with E-state index >= 15 is 0 Å². The molecule has 5 heteroatoms. The Bertz CT molecular complexity index is 1030. The van der Waals surface area contributed by atoms with Gasteiger partial charge in [-0.15, -0.1) is 0 Å². The summed E-state index contributed by atoms with van der Waals surface area (Å²) >= 11 is 0. The normalized spacial score (nSPS) is 26.9. The lowest BCUT2D eigenvalue weighted by Crippen LogP contribution is -2.51. The molecule has 2 aromatic rings. The maximum absolute atomic E-state index is 12.3. The number of aliphatic carboxylic acids is 1. The first-order chi connectivity index (χ1) is 15.1. The van der Waals surface area contributed by atoms with Gasteiger partial charge in [-0.25, -0.2) is 0 Å². The summed E-state index contributed by atoms with van der Waals surface area (Å²) in [6.07, 6.45) is 4.37. The molecule has 5 nitrogen and oxygen atoms in total. The van der Waals surface area contributed by atoms with Gasteiger partial charge in [0.05, 0.1) is 12.5 Å². The molecule has 0 spiro atoms. The van der Waals surface area contributed by atoms with E-state index in [2.05, 4.69) is 32.2 Å². The highest BCUT2D eigenvalue weighted by Crippen LogP contribution is 2.58. The number of hydrogen-bond acceptors (Lipinski definition) is 4. The molecule has 0 amide bonds. The monoisotopic (exact) mass is 436 g/mol. The largest absolute Gasteiger partial charge is 0.497 e. The van der Waals surface area contributed by atoms with Gasteiger partial charge in [-0.1, -0.05) is 27.2 Å². The second kappa shape index (κ2) is 8.02.